The van der Waals surface area contributed by atoms with Gasteiger partial charge in [0.05, 0.1) is 23.4 Å². The molecule has 180 valence electrons. The molecule has 1 fully saturated rings. The van der Waals surface area contributed by atoms with Crippen LogP contribution >= 0.6 is 0 Å². The molecule has 34 heavy (non-hydrogen) atoms. The summed E-state index contributed by atoms with van der Waals surface area (Å²) >= 11 is 0. The Morgan fingerprint density at radius 3 is 2.35 bits per heavy atom. The lowest BCUT2D eigenvalue weighted by molar-refractivity contribution is -0.112. The molecule has 9 heteroatoms. The molecule has 0 radical (unpaired) electrons. The molecule has 0 atom stereocenters. The van der Waals surface area contributed by atoms with Crippen molar-refractivity contribution in [1.29, 1.82) is 5.26 Å². The summed E-state index contributed by atoms with van der Waals surface area (Å²) in [5, 5.41) is 12.4. The van der Waals surface area contributed by atoms with E-state index in [2.05, 4.69) is 10.2 Å². The van der Waals surface area contributed by atoms with Crippen LogP contribution in [0.3, 0.4) is 0 Å². The lowest BCUT2D eigenvalue weighted by atomic mass is 10.1. The van der Waals surface area contributed by atoms with Crippen LogP contribution in [0.1, 0.15) is 32.3 Å². The standard InChI is InChI=1S/C25H30N4O4S/c1-4-29(5-2)34(31,32)22-12-13-24(28-14-6-7-15-28)23(17-22)27-25(30)20(18-26)16-19-8-10-21(33-3)11-9-19/h8-13,16-17H,4-7,14-15H2,1-3H3,(H,27,30)/b20-16+. The number of ether oxygens (including phenoxy) is 1. The summed E-state index contributed by atoms with van der Waals surface area (Å²) in [7, 11) is -2.15. The van der Waals surface area contributed by atoms with Crippen LogP contribution in [0, 0.1) is 11.3 Å². The summed E-state index contributed by atoms with van der Waals surface area (Å²) < 4.78 is 32.7. The van der Waals surface area contributed by atoms with Crippen molar-refractivity contribution < 1.29 is 17.9 Å². The van der Waals surface area contributed by atoms with Gasteiger partial charge in [0.2, 0.25) is 10.0 Å². The van der Waals surface area contributed by atoms with E-state index in [-0.39, 0.29) is 10.5 Å². The third kappa shape index (κ3) is 5.58. The zero-order valence-corrected chi connectivity index (χ0v) is 20.6. The minimum Gasteiger partial charge on any atom is -0.497 e. The summed E-state index contributed by atoms with van der Waals surface area (Å²) in [4.78, 5) is 15.3. The van der Waals surface area contributed by atoms with E-state index in [0.29, 0.717) is 30.1 Å². The first-order valence-electron chi connectivity index (χ1n) is 11.3. The van der Waals surface area contributed by atoms with Crippen LogP contribution < -0.4 is 15.0 Å². The SMILES string of the molecule is CCN(CC)S(=O)(=O)c1ccc(N2CCCC2)c(NC(=O)/C(C#N)=C/c2ccc(OC)cc2)c1. The molecule has 0 saturated carbocycles. The van der Waals surface area contributed by atoms with Crippen molar-refractivity contribution in [3.63, 3.8) is 0 Å². The van der Waals surface area contributed by atoms with E-state index >= 15 is 0 Å². The largest absolute Gasteiger partial charge is 0.497 e. The summed E-state index contributed by atoms with van der Waals surface area (Å²) in [5.74, 6) is 0.0674. The van der Waals surface area contributed by atoms with Gasteiger partial charge in [-0.15, -0.1) is 0 Å². The predicted molar refractivity (Wildman–Crippen MR) is 133 cm³/mol. The Bertz CT molecular complexity index is 1190. The number of nitriles is 1. The van der Waals surface area contributed by atoms with Crippen LogP contribution in [0.5, 0.6) is 5.75 Å². The fourth-order valence-electron chi connectivity index (χ4n) is 3.93. The Balaban J connectivity index is 1.97. The topological polar surface area (TPSA) is 103 Å². The number of nitrogens with one attached hydrogen (secondary N) is 1. The van der Waals surface area contributed by atoms with Crippen molar-refractivity contribution in [2.24, 2.45) is 0 Å². The molecule has 0 spiro atoms. The maximum atomic E-state index is 13.1. The molecule has 1 N–H and O–H groups in total. The third-order valence-electron chi connectivity index (χ3n) is 5.80. The summed E-state index contributed by atoms with van der Waals surface area (Å²) in [6.45, 7) is 5.89. The van der Waals surface area contributed by atoms with E-state index < -0.39 is 15.9 Å². The molecular formula is C25H30N4O4S. The molecule has 3 rings (SSSR count). The van der Waals surface area contributed by atoms with Gasteiger partial charge in [-0.3, -0.25) is 4.79 Å². The zero-order valence-electron chi connectivity index (χ0n) is 19.7. The van der Waals surface area contributed by atoms with Crippen LogP contribution in [0.4, 0.5) is 11.4 Å². The quantitative estimate of drug-likeness (QED) is 0.430. The number of hydrogen-bond donors (Lipinski definition) is 1. The van der Waals surface area contributed by atoms with E-state index in [9.17, 15) is 18.5 Å². The molecule has 1 amide bonds. The first-order chi connectivity index (χ1) is 16.3. The molecule has 1 heterocycles. The summed E-state index contributed by atoms with van der Waals surface area (Å²) in [6, 6.07) is 13.7. The fraction of sp³-hybridized carbons (Fsp3) is 0.360. The number of amides is 1. The molecule has 0 aliphatic carbocycles. The molecular weight excluding hydrogens is 452 g/mol. The van der Waals surface area contributed by atoms with Crippen LogP contribution in [-0.4, -0.2) is 51.9 Å². The number of rotatable bonds is 9. The van der Waals surface area contributed by atoms with Gasteiger partial charge in [-0.2, -0.15) is 9.57 Å². The normalized spacial score (nSPS) is 14.2. The Hall–Kier alpha value is -3.35. The molecule has 0 aromatic heterocycles. The molecule has 1 saturated heterocycles. The van der Waals surface area contributed by atoms with Crippen LogP contribution in [0.2, 0.25) is 0 Å². The summed E-state index contributed by atoms with van der Waals surface area (Å²) in [6.07, 6.45) is 3.53. The van der Waals surface area contributed by atoms with Gasteiger partial charge >= 0.3 is 0 Å². The van der Waals surface area contributed by atoms with E-state index in [0.717, 1.165) is 31.6 Å². The Kier molecular flexibility index (Phi) is 8.31. The highest BCUT2D eigenvalue weighted by Gasteiger charge is 2.25. The van der Waals surface area contributed by atoms with Crippen LogP contribution in [0.25, 0.3) is 6.08 Å². The minimum atomic E-state index is -3.71. The van der Waals surface area contributed by atoms with Gasteiger partial charge in [0.15, 0.2) is 0 Å². The number of anilines is 2. The van der Waals surface area contributed by atoms with E-state index in [1.165, 1.54) is 16.4 Å². The van der Waals surface area contributed by atoms with Gasteiger partial charge in [-0.25, -0.2) is 8.42 Å². The number of carbonyl (C=O) groups excluding carboxylic acids is 1. The fourth-order valence-corrected chi connectivity index (χ4v) is 5.41. The second kappa shape index (κ2) is 11.2. The second-order valence-corrected chi connectivity index (χ2v) is 9.80. The van der Waals surface area contributed by atoms with Crippen molar-refractivity contribution in [2.45, 2.75) is 31.6 Å². The van der Waals surface area contributed by atoms with Gasteiger partial charge in [-0.1, -0.05) is 26.0 Å². The highest BCUT2D eigenvalue weighted by Crippen LogP contribution is 2.32. The number of carbonyl (C=O) groups is 1. The molecule has 8 nitrogen and oxygen atoms in total. The van der Waals surface area contributed by atoms with E-state index in [1.807, 2.05) is 6.07 Å². The molecule has 1 aliphatic heterocycles. The van der Waals surface area contributed by atoms with Crippen molar-refractivity contribution >= 4 is 33.4 Å². The highest BCUT2D eigenvalue weighted by molar-refractivity contribution is 7.89. The first kappa shape index (κ1) is 25.3. The zero-order chi connectivity index (χ0) is 24.7. The Morgan fingerprint density at radius 2 is 1.79 bits per heavy atom. The number of benzene rings is 2. The molecule has 2 aromatic rings. The number of sulfonamides is 1. The highest BCUT2D eigenvalue weighted by atomic mass is 32.2. The van der Waals surface area contributed by atoms with Gasteiger partial charge in [0, 0.05) is 26.2 Å². The average Bonchev–Trinajstić information content (AvgIpc) is 3.38. The lowest BCUT2D eigenvalue weighted by Crippen LogP contribution is -2.31. The maximum absolute atomic E-state index is 13.1. The number of methoxy groups -OCH3 is 1. The lowest BCUT2D eigenvalue weighted by Gasteiger charge is -2.24. The van der Waals surface area contributed by atoms with E-state index in [4.69, 9.17) is 4.74 Å². The maximum Gasteiger partial charge on any atom is 0.266 e. The monoisotopic (exact) mass is 482 g/mol. The molecule has 0 bridgehead atoms. The Morgan fingerprint density at radius 1 is 1.15 bits per heavy atom. The smallest absolute Gasteiger partial charge is 0.266 e. The van der Waals surface area contributed by atoms with Crippen molar-refractivity contribution in [3.05, 3.63) is 53.6 Å². The van der Waals surface area contributed by atoms with Gasteiger partial charge in [0.25, 0.3) is 5.91 Å². The van der Waals surface area contributed by atoms with Gasteiger partial charge < -0.3 is 15.0 Å². The predicted octanol–water partition coefficient (Wildman–Crippen LogP) is 3.87. The second-order valence-electron chi connectivity index (χ2n) is 7.86. The van der Waals surface area contributed by atoms with Gasteiger partial charge in [-0.05, 0) is 54.8 Å². The average molecular weight is 483 g/mol. The van der Waals surface area contributed by atoms with Crippen molar-refractivity contribution in [3.8, 4) is 11.8 Å². The third-order valence-corrected chi connectivity index (χ3v) is 7.84. The first-order valence-corrected chi connectivity index (χ1v) is 12.7. The number of nitrogens with zero attached hydrogens (tertiary/aromatic N) is 3. The minimum absolute atomic E-state index is 0.0884. The van der Waals surface area contributed by atoms with Crippen LogP contribution in [0.15, 0.2) is 52.9 Å². The van der Waals surface area contributed by atoms with Crippen molar-refractivity contribution in [2.75, 3.05) is 43.5 Å². The molecule has 2 aromatic carbocycles. The Labute approximate surface area is 201 Å². The van der Waals surface area contributed by atoms with Crippen LogP contribution in [-0.2, 0) is 14.8 Å². The van der Waals surface area contributed by atoms with Gasteiger partial charge in [0.1, 0.15) is 17.4 Å². The number of hydrogen-bond acceptors (Lipinski definition) is 6. The molecule has 1 aliphatic rings. The van der Waals surface area contributed by atoms with Crippen molar-refractivity contribution in [1.82, 2.24) is 4.31 Å². The summed E-state index contributed by atoms with van der Waals surface area (Å²) in [5.41, 5.74) is 1.70. The molecule has 0 unspecified atom stereocenters. The van der Waals surface area contributed by atoms with E-state index in [1.54, 1.807) is 57.4 Å².